The molecule has 1 aromatic heterocycles. The van der Waals surface area contributed by atoms with Crippen molar-refractivity contribution >= 4 is 21.4 Å². The summed E-state index contributed by atoms with van der Waals surface area (Å²) in [4.78, 5) is 14.9. The number of anilines is 1. The lowest BCUT2D eigenvalue weighted by Gasteiger charge is -2.16. The van der Waals surface area contributed by atoms with E-state index in [9.17, 15) is 18.3 Å². The monoisotopic (exact) mass is 323 g/mol. The smallest absolute Gasteiger partial charge is 0.221 e. The molecule has 1 atom stereocenters. The standard InChI is InChI=1S/C14H17N3O4S/c1-11(19)16-12-2-4-14(5-3-12)22(20,21)9-13(8-18)17-7-6-15-10-17/h2-7,10,13,18H,8-9H2,1H3,(H,16,19). The Morgan fingerprint density at radius 1 is 1.36 bits per heavy atom. The predicted molar refractivity (Wildman–Crippen MR) is 81.1 cm³/mol. The van der Waals surface area contributed by atoms with E-state index >= 15 is 0 Å². The van der Waals surface area contributed by atoms with Gasteiger partial charge in [0.05, 0.1) is 29.6 Å². The largest absolute Gasteiger partial charge is 0.394 e. The Kier molecular flexibility index (Phi) is 4.94. The molecule has 22 heavy (non-hydrogen) atoms. The highest BCUT2D eigenvalue weighted by Crippen LogP contribution is 2.19. The maximum absolute atomic E-state index is 12.4. The fraction of sp³-hybridized carbons (Fsp3) is 0.286. The van der Waals surface area contributed by atoms with Crippen molar-refractivity contribution in [3.63, 3.8) is 0 Å². The fourth-order valence-corrected chi connectivity index (χ4v) is 3.54. The van der Waals surface area contributed by atoms with Crippen LogP contribution < -0.4 is 5.32 Å². The Bertz CT molecular complexity index is 724. The number of benzene rings is 1. The Hall–Kier alpha value is -2.19. The number of carbonyl (C=O) groups is 1. The second kappa shape index (κ2) is 6.71. The summed E-state index contributed by atoms with van der Waals surface area (Å²) < 4.78 is 26.4. The molecule has 1 unspecified atom stereocenters. The molecule has 0 aliphatic heterocycles. The van der Waals surface area contributed by atoms with E-state index in [2.05, 4.69) is 10.3 Å². The topological polar surface area (TPSA) is 101 Å². The van der Waals surface area contributed by atoms with Gasteiger partial charge < -0.3 is 15.0 Å². The van der Waals surface area contributed by atoms with Gasteiger partial charge in [-0.15, -0.1) is 0 Å². The molecule has 1 heterocycles. The highest BCUT2D eigenvalue weighted by Gasteiger charge is 2.22. The first-order chi connectivity index (χ1) is 10.4. The molecule has 7 nitrogen and oxygen atoms in total. The predicted octanol–water partition coefficient (Wildman–Crippen LogP) is 0.849. The molecule has 0 fully saturated rings. The molecule has 0 saturated heterocycles. The first kappa shape index (κ1) is 16.2. The van der Waals surface area contributed by atoms with E-state index in [0.29, 0.717) is 5.69 Å². The Balaban J connectivity index is 2.17. The van der Waals surface area contributed by atoms with E-state index < -0.39 is 15.9 Å². The van der Waals surface area contributed by atoms with Crippen LogP contribution in [0, 0.1) is 0 Å². The fourth-order valence-electron chi connectivity index (χ4n) is 2.02. The second-order valence-corrected chi connectivity index (χ2v) is 6.87. The molecule has 0 aliphatic carbocycles. The number of aromatic nitrogens is 2. The number of carbonyl (C=O) groups excluding carboxylic acids is 1. The van der Waals surface area contributed by atoms with Gasteiger partial charge in [-0.05, 0) is 24.3 Å². The first-order valence-electron chi connectivity index (χ1n) is 6.61. The number of nitrogens with zero attached hydrogens (tertiary/aromatic N) is 2. The lowest BCUT2D eigenvalue weighted by molar-refractivity contribution is -0.114. The number of nitrogens with one attached hydrogen (secondary N) is 1. The van der Waals surface area contributed by atoms with Crippen molar-refractivity contribution in [2.24, 2.45) is 0 Å². The van der Waals surface area contributed by atoms with Crippen molar-refractivity contribution < 1.29 is 18.3 Å². The number of amides is 1. The molecule has 2 N–H and O–H groups in total. The van der Waals surface area contributed by atoms with E-state index in [4.69, 9.17) is 0 Å². The average molecular weight is 323 g/mol. The molecule has 1 aromatic carbocycles. The summed E-state index contributed by atoms with van der Waals surface area (Å²) in [7, 11) is -3.56. The molecule has 1 amide bonds. The number of aliphatic hydroxyl groups is 1. The lowest BCUT2D eigenvalue weighted by Crippen LogP contribution is -2.22. The normalized spacial score (nSPS) is 12.8. The number of sulfone groups is 1. The van der Waals surface area contributed by atoms with Crippen LogP contribution in [0.15, 0.2) is 47.9 Å². The highest BCUT2D eigenvalue weighted by atomic mass is 32.2. The minimum atomic E-state index is -3.56. The number of aliphatic hydroxyl groups excluding tert-OH is 1. The van der Waals surface area contributed by atoms with Crippen LogP contribution >= 0.6 is 0 Å². The summed E-state index contributed by atoms with van der Waals surface area (Å²) in [5, 5.41) is 12.0. The Labute approximate surface area is 128 Å². The summed E-state index contributed by atoms with van der Waals surface area (Å²) in [6, 6.07) is 5.33. The van der Waals surface area contributed by atoms with Crippen molar-refractivity contribution in [1.29, 1.82) is 0 Å². The molecule has 8 heteroatoms. The van der Waals surface area contributed by atoms with Crippen molar-refractivity contribution in [2.75, 3.05) is 17.7 Å². The highest BCUT2D eigenvalue weighted by molar-refractivity contribution is 7.91. The van der Waals surface area contributed by atoms with Gasteiger partial charge in [-0.3, -0.25) is 4.79 Å². The quantitative estimate of drug-likeness (QED) is 0.820. The van der Waals surface area contributed by atoms with Crippen molar-refractivity contribution in [3.05, 3.63) is 43.0 Å². The van der Waals surface area contributed by atoms with Crippen LogP contribution in [-0.4, -0.2) is 41.3 Å². The van der Waals surface area contributed by atoms with Gasteiger partial charge in [-0.2, -0.15) is 0 Å². The zero-order chi connectivity index (χ0) is 16.2. The van der Waals surface area contributed by atoms with Crippen molar-refractivity contribution in [2.45, 2.75) is 17.9 Å². The van der Waals surface area contributed by atoms with E-state index in [1.807, 2.05) is 0 Å². The van der Waals surface area contributed by atoms with Gasteiger partial charge in [0.25, 0.3) is 0 Å². The van der Waals surface area contributed by atoms with Crippen LogP contribution in [0.25, 0.3) is 0 Å². The summed E-state index contributed by atoms with van der Waals surface area (Å²) in [6.45, 7) is 1.07. The van der Waals surface area contributed by atoms with Gasteiger partial charge in [0.1, 0.15) is 0 Å². The third kappa shape index (κ3) is 3.92. The molecule has 2 rings (SSSR count). The van der Waals surface area contributed by atoms with E-state index in [-0.39, 0.29) is 23.2 Å². The molecule has 0 spiro atoms. The van der Waals surface area contributed by atoms with Crippen LogP contribution in [0.4, 0.5) is 5.69 Å². The molecule has 2 aromatic rings. The zero-order valence-electron chi connectivity index (χ0n) is 12.0. The van der Waals surface area contributed by atoms with Gasteiger partial charge >= 0.3 is 0 Å². The molecular weight excluding hydrogens is 306 g/mol. The molecule has 0 aliphatic rings. The maximum atomic E-state index is 12.4. The van der Waals surface area contributed by atoms with Gasteiger partial charge in [-0.1, -0.05) is 0 Å². The summed E-state index contributed by atoms with van der Waals surface area (Å²) >= 11 is 0. The van der Waals surface area contributed by atoms with Crippen LogP contribution in [0.2, 0.25) is 0 Å². The third-order valence-corrected chi connectivity index (χ3v) is 4.92. The maximum Gasteiger partial charge on any atom is 0.221 e. The van der Waals surface area contributed by atoms with E-state index in [1.54, 1.807) is 10.8 Å². The molecule has 0 bridgehead atoms. The van der Waals surface area contributed by atoms with Gasteiger partial charge in [-0.25, -0.2) is 13.4 Å². The Morgan fingerprint density at radius 2 is 2.05 bits per heavy atom. The SMILES string of the molecule is CC(=O)Nc1ccc(S(=O)(=O)CC(CO)n2ccnc2)cc1. The summed E-state index contributed by atoms with van der Waals surface area (Å²) in [5.41, 5.74) is 0.528. The van der Waals surface area contributed by atoms with Crippen LogP contribution in [0.3, 0.4) is 0 Å². The van der Waals surface area contributed by atoms with E-state index in [1.165, 1.54) is 43.7 Å². The number of hydrogen-bond donors (Lipinski definition) is 2. The summed E-state index contributed by atoms with van der Waals surface area (Å²) in [5.74, 6) is -0.463. The van der Waals surface area contributed by atoms with Crippen molar-refractivity contribution in [1.82, 2.24) is 9.55 Å². The van der Waals surface area contributed by atoms with Gasteiger partial charge in [0, 0.05) is 25.0 Å². The first-order valence-corrected chi connectivity index (χ1v) is 8.26. The lowest BCUT2D eigenvalue weighted by atomic mass is 10.3. The number of hydrogen-bond acceptors (Lipinski definition) is 5. The van der Waals surface area contributed by atoms with Crippen LogP contribution in [-0.2, 0) is 14.6 Å². The number of imidazole rings is 1. The van der Waals surface area contributed by atoms with Crippen LogP contribution in [0.5, 0.6) is 0 Å². The molecule has 0 radical (unpaired) electrons. The zero-order valence-corrected chi connectivity index (χ0v) is 12.8. The average Bonchev–Trinajstić information content (AvgIpc) is 2.99. The summed E-state index contributed by atoms with van der Waals surface area (Å²) in [6.07, 6.45) is 4.60. The Morgan fingerprint density at radius 3 is 2.55 bits per heavy atom. The third-order valence-electron chi connectivity index (χ3n) is 3.10. The molecule has 118 valence electrons. The van der Waals surface area contributed by atoms with Gasteiger partial charge in [0.2, 0.25) is 5.91 Å². The van der Waals surface area contributed by atoms with Crippen molar-refractivity contribution in [3.8, 4) is 0 Å². The minimum Gasteiger partial charge on any atom is -0.394 e. The van der Waals surface area contributed by atoms with E-state index in [0.717, 1.165) is 0 Å². The molecule has 0 saturated carbocycles. The van der Waals surface area contributed by atoms with Crippen LogP contribution in [0.1, 0.15) is 13.0 Å². The number of rotatable bonds is 6. The minimum absolute atomic E-state index is 0.139. The molecular formula is C14H17N3O4S. The van der Waals surface area contributed by atoms with Gasteiger partial charge in [0.15, 0.2) is 9.84 Å². The second-order valence-electron chi connectivity index (χ2n) is 4.83.